The fraction of sp³-hybridized carbons (Fsp3) is 0.118. The molecule has 3 rings (SSSR count). The molecule has 3 aromatic rings. The highest BCUT2D eigenvalue weighted by atomic mass is 32.2. The molecule has 25 heavy (non-hydrogen) atoms. The molecule has 1 atom stereocenters. The average molecular weight is 363 g/mol. The molecule has 0 aliphatic rings. The van der Waals surface area contributed by atoms with Gasteiger partial charge in [-0.15, -0.1) is 0 Å². The van der Waals surface area contributed by atoms with E-state index in [0.29, 0.717) is 11.6 Å². The summed E-state index contributed by atoms with van der Waals surface area (Å²) < 4.78 is 55.5. The lowest BCUT2D eigenvalue weighted by Gasteiger charge is -2.15. The number of nitrogens with one attached hydrogen (secondary N) is 1. The predicted molar refractivity (Wildman–Crippen MR) is 88.7 cm³/mol. The Hall–Kier alpha value is -2.58. The molecule has 130 valence electrons. The van der Waals surface area contributed by atoms with Crippen molar-refractivity contribution in [3.8, 4) is 5.69 Å². The van der Waals surface area contributed by atoms with Crippen molar-refractivity contribution in [2.45, 2.75) is 17.9 Å². The molecule has 5 nitrogen and oxygen atoms in total. The highest BCUT2D eigenvalue weighted by Crippen LogP contribution is 2.21. The summed E-state index contributed by atoms with van der Waals surface area (Å²) in [5.74, 6) is -1.96. The van der Waals surface area contributed by atoms with Gasteiger partial charge in [-0.05, 0) is 36.8 Å². The minimum Gasteiger partial charge on any atom is -0.306 e. The topological polar surface area (TPSA) is 64.0 Å². The minimum atomic E-state index is -4.12. The lowest BCUT2D eigenvalue weighted by atomic mass is 10.1. The van der Waals surface area contributed by atoms with Crippen LogP contribution in [0.25, 0.3) is 5.69 Å². The number of halogens is 2. The fourth-order valence-electron chi connectivity index (χ4n) is 2.40. The van der Waals surface area contributed by atoms with Crippen LogP contribution in [-0.2, 0) is 10.0 Å². The van der Waals surface area contributed by atoms with E-state index in [0.717, 1.165) is 17.8 Å². The molecule has 1 heterocycles. The Bertz CT molecular complexity index is 972. The molecule has 0 radical (unpaired) electrons. The van der Waals surface area contributed by atoms with E-state index in [4.69, 9.17) is 0 Å². The number of aromatic nitrogens is 2. The molecule has 0 bridgehead atoms. The number of imidazole rings is 1. The third-order valence-corrected chi connectivity index (χ3v) is 5.28. The fourth-order valence-corrected chi connectivity index (χ4v) is 3.70. The van der Waals surface area contributed by atoms with Crippen LogP contribution in [0.2, 0.25) is 0 Å². The molecule has 0 aliphatic heterocycles. The number of sulfonamides is 1. The van der Waals surface area contributed by atoms with Gasteiger partial charge in [0, 0.05) is 30.2 Å². The van der Waals surface area contributed by atoms with E-state index >= 15 is 0 Å². The maximum atomic E-state index is 13.7. The Morgan fingerprint density at radius 2 is 1.84 bits per heavy atom. The lowest BCUT2D eigenvalue weighted by Crippen LogP contribution is -2.27. The highest BCUT2D eigenvalue weighted by Gasteiger charge is 2.22. The van der Waals surface area contributed by atoms with Gasteiger partial charge < -0.3 is 4.57 Å². The Kier molecular flexibility index (Phi) is 4.65. The van der Waals surface area contributed by atoms with E-state index < -0.39 is 32.6 Å². The van der Waals surface area contributed by atoms with Crippen LogP contribution in [0.3, 0.4) is 0 Å². The second-order valence-electron chi connectivity index (χ2n) is 5.48. The van der Waals surface area contributed by atoms with Gasteiger partial charge in [0.05, 0.1) is 6.33 Å². The second kappa shape index (κ2) is 6.73. The Labute approximate surface area is 144 Å². The van der Waals surface area contributed by atoms with E-state index in [2.05, 4.69) is 9.71 Å². The number of benzene rings is 2. The third kappa shape index (κ3) is 3.75. The van der Waals surface area contributed by atoms with Crippen molar-refractivity contribution < 1.29 is 17.2 Å². The Morgan fingerprint density at radius 3 is 2.44 bits per heavy atom. The second-order valence-corrected chi connectivity index (χ2v) is 7.16. The molecule has 2 aromatic carbocycles. The quantitative estimate of drug-likeness (QED) is 0.757. The number of hydrogen-bond acceptors (Lipinski definition) is 3. The highest BCUT2D eigenvalue weighted by molar-refractivity contribution is 7.89. The zero-order valence-corrected chi connectivity index (χ0v) is 14.0. The summed E-state index contributed by atoms with van der Waals surface area (Å²) in [6.45, 7) is 1.64. The molecule has 0 spiro atoms. The first kappa shape index (κ1) is 17.2. The van der Waals surface area contributed by atoms with Crippen LogP contribution in [0.5, 0.6) is 0 Å². The van der Waals surface area contributed by atoms with Crippen LogP contribution in [0.15, 0.2) is 66.1 Å². The number of rotatable bonds is 5. The Balaban J connectivity index is 1.80. The van der Waals surface area contributed by atoms with Crippen LogP contribution < -0.4 is 4.72 Å². The normalized spacial score (nSPS) is 12.9. The van der Waals surface area contributed by atoms with Crippen LogP contribution in [0, 0.1) is 11.6 Å². The molecule has 0 amide bonds. The van der Waals surface area contributed by atoms with E-state index in [-0.39, 0.29) is 0 Å². The van der Waals surface area contributed by atoms with Crippen molar-refractivity contribution in [1.29, 1.82) is 0 Å². The first-order valence-electron chi connectivity index (χ1n) is 7.42. The molecule has 0 saturated carbocycles. The summed E-state index contributed by atoms with van der Waals surface area (Å²) in [4.78, 5) is 3.37. The number of nitrogens with zero attached hydrogens (tertiary/aromatic N) is 2. The SMILES string of the molecule is C[C@@H](NS(=O)(=O)c1ccc(F)cc1F)c1ccc(-n2ccnc2)cc1. The maximum absolute atomic E-state index is 13.7. The molecule has 1 N–H and O–H groups in total. The van der Waals surface area contributed by atoms with Crippen molar-refractivity contribution >= 4 is 10.0 Å². The zero-order valence-electron chi connectivity index (χ0n) is 13.2. The third-order valence-electron chi connectivity index (χ3n) is 3.71. The molecule has 0 fully saturated rings. The Morgan fingerprint density at radius 1 is 1.12 bits per heavy atom. The zero-order chi connectivity index (χ0) is 18.0. The molecule has 0 saturated heterocycles. The molecule has 0 aliphatic carbocycles. The molecular formula is C17H15F2N3O2S. The van der Waals surface area contributed by atoms with Gasteiger partial charge in [0.15, 0.2) is 0 Å². The predicted octanol–water partition coefficient (Wildman–Crippen LogP) is 3.19. The maximum Gasteiger partial charge on any atom is 0.244 e. The van der Waals surface area contributed by atoms with Crippen LogP contribution in [0.4, 0.5) is 8.78 Å². The summed E-state index contributed by atoms with van der Waals surface area (Å²) in [7, 11) is -4.12. The van der Waals surface area contributed by atoms with Gasteiger partial charge in [0.1, 0.15) is 16.5 Å². The molecule has 0 unspecified atom stereocenters. The van der Waals surface area contributed by atoms with Gasteiger partial charge in [0.25, 0.3) is 0 Å². The van der Waals surface area contributed by atoms with E-state index in [1.165, 1.54) is 0 Å². The largest absolute Gasteiger partial charge is 0.306 e. The summed E-state index contributed by atoms with van der Waals surface area (Å²) in [5, 5.41) is 0. The van der Waals surface area contributed by atoms with Gasteiger partial charge in [-0.3, -0.25) is 0 Å². The lowest BCUT2D eigenvalue weighted by molar-refractivity contribution is 0.536. The van der Waals surface area contributed by atoms with Gasteiger partial charge in [-0.2, -0.15) is 0 Å². The van der Waals surface area contributed by atoms with Crippen LogP contribution in [-0.4, -0.2) is 18.0 Å². The summed E-state index contributed by atoms with van der Waals surface area (Å²) in [6.07, 6.45) is 5.10. The summed E-state index contributed by atoms with van der Waals surface area (Å²) in [5.41, 5.74) is 1.58. The van der Waals surface area contributed by atoms with Crippen molar-refractivity contribution in [1.82, 2.24) is 14.3 Å². The van der Waals surface area contributed by atoms with Crippen LogP contribution in [0.1, 0.15) is 18.5 Å². The van der Waals surface area contributed by atoms with Crippen molar-refractivity contribution in [3.05, 3.63) is 78.4 Å². The average Bonchev–Trinajstić information content (AvgIpc) is 3.08. The van der Waals surface area contributed by atoms with Crippen molar-refractivity contribution in [2.24, 2.45) is 0 Å². The van der Waals surface area contributed by atoms with Gasteiger partial charge in [0.2, 0.25) is 10.0 Å². The van der Waals surface area contributed by atoms with E-state index in [9.17, 15) is 17.2 Å². The van der Waals surface area contributed by atoms with Gasteiger partial charge >= 0.3 is 0 Å². The van der Waals surface area contributed by atoms with Crippen LogP contribution >= 0.6 is 0 Å². The smallest absolute Gasteiger partial charge is 0.244 e. The molecule has 8 heteroatoms. The summed E-state index contributed by atoms with van der Waals surface area (Å²) >= 11 is 0. The van der Waals surface area contributed by atoms with Crippen molar-refractivity contribution in [3.63, 3.8) is 0 Å². The van der Waals surface area contributed by atoms with Crippen molar-refractivity contribution in [2.75, 3.05) is 0 Å². The number of hydrogen-bond donors (Lipinski definition) is 1. The molecule has 1 aromatic heterocycles. The van der Waals surface area contributed by atoms with Gasteiger partial charge in [-0.1, -0.05) is 12.1 Å². The molecular weight excluding hydrogens is 348 g/mol. The standard InChI is InChI=1S/C17H15F2N3O2S/c1-12(13-2-5-15(6-3-13)22-9-8-20-11-22)21-25(23,24)17-7-4-14(18)10-16(17)19/h2-12,21H,1H3/t12-/m1/s1. The van der Waals surface area contributed by atoms with E-state index in [1.54, 1.807) is 37.8 Å². The monoisotopic (exact) mass is 363 g/mol. The minimum absolute atomic E-state index is 0.541. The van der Waals surface area contributed by atoms with E-state index in [1.807, 2.05) is 16.7 Å². The van der Waals surface area contributed by atoms with Gasteiger partial charge in [-0.25, -0.2) is 26.9 Å². The summed E-state index contributed by atoms with van der Waals surface area (Å²) in [6, 6.07) is 8.93. The first-order chi connectivity index (χ1) is 11.9. The first-order valence-corrected chi connectivity index (χ1v) is 8.91.